The smallest absolute Gasteiger partial charge is 0.306 e. The van der Waals surface area contributed by atoms with Crippen molar-refractivity contribution in [1.29, 1.82) is 0 Å². The molecule has 1 aliphatic rings. The molecule has 0 radical (unpaired) electrons. The summed E-state index contributed by atoms with van der Waals surface area (Å²) in [6.07, 6.45) is 0.347. The Hall–Kier alpha value is -2.08. The van der Waals surface area contributed by atoms with E-state index in [0.29, 0.717) is 18.2 Å². The van der Waals surface area contributed by atoms with Gasteiger partial charge in [-0.15, -0.1) is 0 Å². The Morgan fingerprint density at radius 3 is 2.65 bits per heavy atom. The standard InChI is InChI=1S/C16H19ClN2O4/c1-2-23-16(22)8-7-14(20)18-12-9-15(21)19(10-12)13-5-3-11(17)4-6-13/h3-6,12H,2,7-10H2,1H3,(H,18,20)/t12-/m1/s1. The van der Waals surface area contributed by atoms with Gasteiger partial charge in [0, 0.05) is 30.1 Å². The number of amides is 2. The van der Waals surface area contributed by atoms with Gasteiger partial charge in [0.1, 0.15) is 0 Å². The van der Waals surface area contributed by atoms with E-state index in [9.17, 15) is 14.4 Å². The number of hydrogen-bond donors (Lipinski definition) is 1. The summed E-state index contributed by atoms with van der Waals surface area (Å²) in [5.74, 6) is -0.704. The molecule has 1 atom stereocenters. The number of halogens is 1. The van der Waals surface area contributed by atoms with E-state index in [4.69, 9.17) is 16.3 Å². The molecule has 124 valence electrons. The second-order valence-corrected chi connectivity index (χ2v) is 5.69. The number of nitrogens with zero attached hydrogens (tertiary/aromatic N) is 1. The molecule has 1 aromatic carbocycles. The minimum Gasteiger partial charge on any atom is -0.466 e. The van der Waals surface area contributed by atoms with Crippen LogP contribution in [0.1, 0.15) is 26.2 Å². The maximum absolute atomic E-state index is 12.1. The highest BCUT2D eigenvalue weighted by Crippen LogP contribution is 2.23. The van der Waals surface area contributed by atoms with Gasteiger partial charge in [-0.05, 0) is 31.2 Å². The van der Waals surface area contributed by atoms with E-state index in [1.165, 1.54) is 0 Å². The van der Waals surface area contributed by atoms with Crippen LogP contribution >= 0.6 is 11.6 Å². The van der Waals surface area contributed by atoms with Crippen LogP contribution in [-0.4, -0.2) is 37.0 Å². The molecule has 1 aromatic rings. The zero-order valence-corrected chi connectivity index (χ0v) is 13.6. The number of hydrogen-bond acceptors (Lipinski definition) is 4. The summed E-state index contributed by atoms with van der Waals surface area (Å²) in [5.41, 5.74) is 0.752. The highest BCUT2D eigenvalue weighted by molar-refractivity contribution is 6.30. The Kier molecular flexibility index (Phi) is 5.98. The lowest BCUT2D eigenvalue weighted by atomic mass is 10.2. The molecule has 1 N–H and O–H groups in total. The van der Waals surface area contributed by atoms with Gasteiger partial charge in [-0.3, -0.25) is 14.4 Å². The quantitative estimate of drug-likeness (QED) is 0.804. The fourth-order valence-corrected chi connectivity index (χ4v) is 2.55. The average molecular weight is 339 g/mol. The molecule has 0 unspecified atom stereocenters. The topological polar surface area (TPSA) is 75.7 Å². The lowest BCUT2D eigenvalue weighted by molar-refractivity contribution is -0.144. The Morgan fingerprint density at radius 1 is 1.30 bits per heavy atom. The van der Waals surface area contributed by atoms with Crippen molar-refractivity contribution in [3.8, 4) is 0 Å². The number of benzene rings is 1. The molecule has 0 saturated carbocycles. The van der Waals surface area contributed by atoms with Crippen LogP contribution in [-0.2, 0) is 19.1 Å². The number of carbonyl (C=O) groups excluding carboxylic acids is 3. The van der Waals surface area contributed by atoms with Crippen LogP contribution in [0.3, 0.4) is 0 Å². The number of esters is 1. The molecule has 6 nitrogen and oxygen atoms in total. The summed E-state index contributed by atoms with van der Waals surface area (Å²) in [4.78, 5) is 36.8. The largest absolute Gasteiger partial charge is 0.466 e. The fourth-order valence-electron chi connectivity index (χ4n) is 2.42. The molecule has 0 bridgehead atoms. The third-order valence-corrected chi connectivity index (χ3v) is 3.74. The van der Waals surface area contributed by atoms with Gasteiger partial charge in [-0.2, -0.15) is 0 Å². The van der Waals surface area contributed by atoms with E-state index in [-0.39, 0.29) is 37.1 Å². The molecule has 2 amide bonds. The molecule has 0 spiro atoms. The van der Waals surface area contributed by atoms with E-state index >= 15 is 0 Å². The van der Waals surface area contributed by atoms with Gasteiger partial charge in [0.2, 0.25) is 11.8 Å². The molecular formula is C16H19ClN2O4. The predicted octanol–water partition coefficient (Wildman–Crippen LogP) is 1.90. The van der Waals surface area contributed by atoms with Crippen molar-refractivity contribution >= 4 is 35.1 Å². The predicted molar refractivity (Wildman–Crippen MR) is 86.2 cm³/mol. The van der Waals surface area contributed by atoms with Crippen LogP contribution in [0.4, 0.5) is 5.69 Å². The first-order chi connectivity index (χ1) is 11.0. The molecule has 2 rings (SSSR count). The van der Waals surface area contributed by atoms with Gasteiger partial charge in [-0.1, -0.05) is 11.6 Å². The molecule has 0 aliphatic carbocycles. The van der Waals surface area contributed by atoms with Crippen molar-refractivity contribution in [2.45, 2.75) is 32.2 Å². The van der Waals surface area contributed by atoms with Gasteiger partial charge in [0.25, 0.3) is 0 Å². The third-order valence-electron chi connectivity index (χ3n) is 3.49. The minimum absolute atomic E-state index is 0.0429. The van der Waals surface area contributed by atoms with Crippen LogP contribution in [0.15, 0.2) is 24.3 Å². The van der Waals surface area contributed by atoms with Crippen LogP contribution in [0.25, 0.3) is 0 Å². The summed E-state index contributed by atoms with van der Waals surface area (Å²) in [6, 6.07) is 6.72. The maximum Gasteiger partial charge on any atom is 0.306 e. The lowest BCUT2D eigenvalue weighted by Crippen LogP contribution is -2.37. The van der Waals surface area contributed by atoms with Gasteiger partial charge >= 0.3 is 5.97 Å². The van der Waals surface area contributed by atoms with Gasteiger partial charge < -0.3 is 15.0 Å². The third kappa shape index (κ3) is 4.96. The van der Waals surface area contributed by atoms with Crippen LogP contribution in [0.2, 0.25) is 5.02 Å². The number of carbonyl (C=O) groups is 3. The van der Waals surface area contributed by atoms with Crippen molar-refractivity contribution in [2.24, 2.45) is 0 Å². The second kappa shape index (κ2) is 7.97. The molecule has 1 heterocycles. The number of ether oxygens (including phenoxy) is 1. The second-order valence-electron chi connectivity index (χ2n) is 5.25. The Balaban J connectivity index is 1.84. The van der Waals surface area contributed by atoms with Crippen LogP contribution < -0.4 is 10.2 Å². The minimum atomic E-state index is -0.395. The van der Waals surface area contributed by atoms with Gasteiger partial charge in [0.15, 0.2) is 0 Å². The number of nitrogens with one attached hydrogen (secondary N) is 1. The van der Waals surface area contributed by atoms with Crippen molar-refractivity contribution in [3.05, 3.63) is 29.3 Å². The van der Waals surface area contributed by atoms with Crippen LogP contribution in [0.5, 0.6) is 0 Å². The number of anilines is 1. The van der Waals surface area contributed by atoms with E-state index in [2.05, 4.69) is 5.32 Å². The summed E-state index contributed by atoms with van der Waals surface area (Å²) in [5, 5.41) is 3.38. The summed E-state index contributed by atoms with van der Waals surface area (Å²) < 4.78 is 4.77. The van der Waals surface area contributed by atoms with Crippen molar-refractivity contribution < 1.29 is 19.1 Å². The zero-order valence-electron chi connectivity index (χ0n) is 12.9. The summed E-state index contributed by atoms with van der Waals surface area (Å²) >= 11 is 5.84. The summed E-state index contributed by atoms with van der Waals surface area (Å²) in [6.45, 7) is 2.42. The maximum atomic E-state index is 12.1. The first-order valence-corrected chi connectivity index (χ1v) is 7.88. The SMILES string of the molecule is CCOC(=O)CCC(=O)N[C@@H]1CC(=O)N(c2ccc(Cl)cc2)C1. The first kappa shape index (κ1) is 17.3. The molecule has 1 aliphatic heterocycles. The first-order valence-electron chi connectivity index (χ1n) is 7.50. The Labute approximate surface area is 139 Å². The van der Waals surface area contributed by atoms with E-state index < -0.39 is 5.97 Å². The highest BCUT2D eigenvalue weighted by atomic mass is 35.5. The van der Waals surface area contributed by atoms with Crippen molar-refractivity contribution in [2.75, 3.05) is 18.1 Å². The molecule has 1 fully saturated rings. The Morgan fingerprint density at radius 2 is 2.00 bits per heavy atom. The normalized spacial score (nSPS) is 17.2. The molecule has 23 heavy (non-hydrogen) atoms. The van der Waals surface area contributed by atoms with E-state index in [0.717, 1.165) is 5.69 Å². The van der Waals surface area contributed by atoms with E-state index in [1.54, 1.807) is 36.1 Å². The molecule has 1 saturated heterocycles. The van der Waals surface area contributed by atoms with E-state index in [1.807, 2.05) is 0 Å². The average Bonchev–Trinajstić information content (AvgIpc) is 2.87. The van der Waals surface area contributed by atoms with Crippen molar-refractivity contribution in [1.82, 2.24) is 5.32 Å². The molecule has 0 aromatic heterocycles. The fraction of sp³-hybridized carbons (Fsp3) is 0.438. The Bertz CT molecular complexity index is 588. The molecule has 7 heteroatoms. The summed E-state index contributed by atoms with van der Waals surface area (Å²) in [7, 11) is 0. The molecular weight excluding hydrogens is 320 g/mol. The number of rotatable bonds is 6. The lowest BCUT2D eigenvalue weighted by Gasteiger charge is -2.17. The van der Waals surface area contributed by atoms with Gasteiger partial charge in [0.05, 0.1) is 19.1 Å². The zero-order chi connectivity index (χ0) is 16.8. The van der Waals surface area contributed by atoms with Crippen LogP contribution in [0, 0.1) is 0 Å². The van der Waals surface area contributed by atoms with Crippen molar-refractivity contribution in [3.63, 3.8) is 0 Å². The monoisotopic (exact) mass is 338 g/mol. The highest BCUT2D eigenvalue weighted by Gasteiger charge is 2.31. The van der Waals surface area contributed by atoms with Gasteiger partial charge in [-0.25, -0.2) is 0 Å².